The summed E-state index contributed by atoms with van der Waals surface area (Å²) in [5.74, 6) is 1.07. The van der Waals surface area contributed by atoms with E-state index in [1.807, 2.05) is 32.9 Å². The van der Waals surface area contributed by atoms with Crippen LogP contribution in [0.3, 0.4) is 0 Å². The number of hydrogen-bond acceptors (Lipinski definition) is 5. The lowest BCUT2D eigenvalue weighted by Gasteiger charge is -2.08. The van der Waals surface area contributed by atoms with E-state index in [4.69, 9.17) is 4.52 Å². The highest BCUT2D eigenvalue weighted by atomic mass is 16.5. The van der Waals surface area contributed by atoms with Crippen LogP contribution in [0.5, 0.6) is 0 Å². The zero-order valence-electron chi connectivity index (χ0n) is 13.8. The van der Waals surface area contributed by atoms with Gasteiger partial charge >= 0.3 is 0 Å². The van der Waals surface area contributed by atoms with Gasteiger partial charge in [-0.3, -0.25) is 4.79 Å². The summed E-state index contributed by atoms with van der Waals surface area (Å²) in [6.45, 7) is 5.80. The van der Waals surface area contributed by atoms with Crippen molar-refractivity contribution in [3.8, 4) is 0 Å². The predicted molar refractivity (Wildman–Crippen MR) is 92.6 cm³/mol. The minimum Gasteiger partial charge on any atom is -0.360 e. The molecule has 0 saturated carbocycles. The van der Waals surface area contributed by atoms with Crippen molar-refractivity contribution in [1.82, 2.24) is 10.1 Å². The normalized spacial score (nSPS) is 10.5. The molecule has 2 heterocycles. The molecule has 0 unspecified atom stereocenters. The van der Waals surface area contributed by atoms with E-state index in [0.29, 0.717) is 11.5 Å². The maximum atomic E-state index is 12.3. The highest BCUT2D eigenvalue weighted by Crippen LogP contribution is 2.17. The molecule has 6 nitrogen and oxygen atoms in total. The maximum absolute atomic E-state index is 12.3. The Morgan fingerprint density at radius 1 is 1.00 bits per heavy atom. The summed E-state index contributed by atoms with van der Waals surface area (Å²) in [6.07, 6.45) is 1.58. The summed E-state index contributed by atoms with van der Waals surface area (Å²) in [6, 6.07) is 11.1. The number of aryl methyl sites for hydroxylation is 3. The summed E-state index contributed by atoms with van der Waals surface area (Å²) in [7, 11) is 0. The highest BCUT2D eigenvalue weighted by molar-refractivity contribution is 6.03. The van der Waals surface area contributed by atoms with Crippen molar-refractivity contribution in [1.29, 1.82) is 0 Å². The lowest BCUT2D eigenvalue weighted by Crippen LogP contribution is -2.13. The van der Waals surface area contributed by atoms with Gasteiger partial charge in [0.1, 0.15) is 11.5 Å². The number of nitrogens with one attached hydrogen (secondary N) is 2. The van der Waals surface area contributed by atoms with Gasteiger partial charge in [-0.05, 0) is 56.2 Å². The van der Waals surface area contributed by atoms with Crippen LogP contribution in [0, 0.1) is 20.8 Å². The fourth-order valence-corrected chi connectivity index (χ4v) is 2.42. The number of carbonyl (C=O) groups excluding carboxylic acids is 1. The number of pyridine rings is 1. The first kappa shape index (κ1) is 15.7. The van der Waals surface area contributed by atoms with Gasteiger partial charge in [-0.25, -0.2) is 4.98 Å². The standard InChI is InChI=1S/C18H18N4O2/c1-11-6-12(2)8-15(7-11)21-18(23)16-5-4-14(10-19-16)20-17-9-13(3)24-22-17/h4-10H,1-3H3,(H,20,22)(H,21,23). The summed E-state index contributed by atoms with van der Waals surface area (Å²) in [4.78, 5) is 16.5. The third kappa shape index (κ3) is 3.78. The summed E-state index contributed by atoms with van der Waals surface area (Å²) in [5.41, 5.74) is 4.03. The fraction of sp³-hybridized carbons (Fsp3) is 0.167. The van der Waals surface area contributed by atoms with Crippen molar-refractivity contribution in [3.63, 3.8) is 0 Å². The fourth-order valence-electron chi connectivity index (χ4n) is 2.42. The zero-order chi connectivity index (χ0) is 17.1. The average Bonchev–Trinajstić information content (AvgIpc) is 2.92. The van der Waals surface area contributed by atoms with Crippen LogP contribution in [0.15, 0.2) is 47.1 Å². The number of hydrogen-bond donors (Lipinski definition) is 2. The molecule has 0 fully saturated rings. The number of amides is 1. The highest BCUT2D eigenvalue weighted by Gasteiger charge is 2.09. The van der Waals surface area contributed by atoms with Crippen LogP contribution in [0.1, 0.15) is 27.4 Å². The Morgan fingerprint density at radius 2 is 1.75 bits per heavy atom. The summed E-state index contributed by atoms with van der Waals surface area (Å²) >= 11 is 0. The van der Waals surface area contributed by atoms with Crippen molar-refractivity contribution < 1.29 is 9.32 Å². The van der Waals surface area contributed by atoms with Crippen molar-refractivity contribution in [2.45, 2.75) is 20.8 Å². The third-order valence-electron chi connectivity index (χ3n) is 3.38. The van der Waals surface area contributed by atoms with E-state index >= 15 is 0 Å². The van der Waals surface area contributed by atoms with Gasteiger partial charge in [-0.15, -0.1) is 0 Å². The quantitative estimate of drug-likeness (QED) is 0.759. The Kier molecular flexibility index (Phi) is 4.29. The van der Waals surface area contributed by atoms with Crippen LogP contribution in [0.2, 0.25) is 0 Å². The molecule has 3 aromatic rings. The van der Waals surface area contributed by atoms with Crippen molar-refractivity contribution in [2.75, 3.05) is 10.6 Å². The number of nitrogens with zero attached hydrogens (tertiary/aromatic N) is 2. The number of benzene rings is 1. The van der Waals surface area contributed by atoms with Gasteiger partial charge in [0.2, 0.25) is 0 Å². The van der Waals surface area contributed by atoms with E-state index in [1.54, 1.807) is 24.4 Å². The molecule has 0 bridgehead atoms. The number of anilines is 3. The largest absolute Gasteiger partial charge is 0.360 e. The first-order chi connectivity index (χ1) is 11.5. The lowest BCUT2D eigenvalue weighted by molar-refractivity contribution is 0.102. The SMILES string of the molecule is Cc1cc(C)cc(NC(=O)c2ccc(Nc3cc(C)on3)cn2)c1. The maximum Gasteiger partial charge on any atom is 0.274 e. The van der Waals surface area contributed by atoms with E-state index < -0.39 is 0 Å². The molecule has 0 saturated heterocycles. The predicted octanol–water partition coefficient (Wildman–Crippen LogP) is 3.99. The van der Waals surface area contributed by atoms with Gasteiger partial charge in [0.05, 0.1) is 11.9 Å². The number of carbonyl (C=O) groups is 1. The van der Waals surface area contributed by atoms with Gasteiger partial charge in [-0.1, -0.05) is 11.2 Å². The van der Waals surface area contributed by atoms with E-state index in [1.165, 1.54) is 0 Å². The molecule has 0 spiro atoms. The van der Waals surface area contributed by atoms with Crippen LogP contribution in [-0.2, 0) is 0 Å². The van der Waals surface area contributed by atoms with Crippen LogP contribution in [0.25, 0.3) is 0 Å². The van der Waals surface area contributed by atoms with Crippen LogP contribution in [-0.4, -0.2) is 16.0 Å². The Labute approximate surface area is 139 Å². The summed E-state index contributed by atoms with van der Waals surface area (Å²) < 4.78 is 4.99. The molecule has 0 atom stereocenters. The van der Waals surface area contributed by atoms with Crippen LogP contribution < -0.4 is 10.6 Å². The molecule has 6 heteroatoms. The van der Waals surface area contributed by atoms with E-state index in [-0.39, 0.29) is 5.91 Å². The minimum atomic E-state index is -0.246. The molecule has 2 aromatic heterocycles. The average molecular weight is 322 g/mol. The molecular formula is C18H18N4O2. The molecule has 0 aliphatic rings. The number of aromatic nitrogens is 2. The zero-order valence-corrected chi connectivity index (χ0v) is 13.8. The van der Waals surface area contributed by atoms with E-state index in [0.717, 1.165) is 28.3 Å². The molecule has 24 heavy (non-hydrogen) atoms. The number of rotatable bonds is 4. The Hall–Kier alpha value is -3.15. The molecule has 2 N–H and O–H groups in total. The molecule has 0 aliphatic carbocycles. The minimum absolute atomic E-state index is 0.246. The third-order valence-corrected chi connectivity index (χ3v) is 3.38. The first-order valence-electron chi connectivity index (χ1n) is 7.55. The van der Waals surface area contributed by atoms with Gasteiger partial charge in [0, 0.05) is 11.8 Å². The molecule has 3 rings (SSSR count). The first-order valence-corrected chi connectivity index (χ1v) is 7.55. The Bertz CT molecular complexity index is 849. The van der Waals surface area contributed by atoms with E-state index in [9.17, 15) is 4.79 Å². The van der Waals surface area contributed by atoms with E-state index in [2.05, 4.69) is 26.8 Å². The second kappa shape index (κ2) is 6.54. The topological polar surface area (TPSA) is 80.0 Å². The molecule has 1 amide bonds. The van der Waals surface area contributed by atoms with Gasteiger partial charge < -0.3 is 15.2 Å². The molecule has 1 aromatic carbocycles. The van der Waals surface area contributed by atoms with Crippen molar-refractivity contribution in [2.24, 2.45) is 0 Å². The second-order valence-corrected chi connectivity index (χ2v) is 5.71. The Balaban J connectivity index is 1.69. The monoisotopic (exact) mass is 322 g/mol. The smallest absolute Gasteiger partial charge is 0.274 e. The lowest BCUT2D eigenvalue weighted by atomic mass is 10.1. The molecular weight excluding hydrogens is 304 g/mol. The summed E-state index contributed by atoms with van der Waals surface area (Å²) in [5, 5.41) is 9.77. The molecule has 0 aliphatic heterocycles. The van der Waals surface area contributed by atoms with Gasteiger partial charge in [-0.2, -0.15) is 0 Å². The van der Waals surface area contributed by atoms with Crippen molar-refractivity contribution >= 4 is 23.1 Å². The van der Waals surface area contributed by atoms with Gasteiger partial charge in [0.25, 0.3) is 5.91 Å². The second-order valence-electron chi connectivity index (χ2n) is 5.71. The van der Waals surface area contributed by atoms with Crippen molar-refractivity contribution in [3.05, 3.63) is 65.2 Å². The van der Waals surface area contributed by atoms with Crippen LogP contribution >= 0.6 is 0 Å². The van der Waals surface area contributed by atoms with Crippen LogP contribution in [0.4, 0.5) is 17.2 Å². The van der Waals surface area contributed by atoms with Gasteiger partial charge in [0.15, 0.2) is 5.82 Å². The Morgan fingerprint density at radius 3 is 2.33 bits per heavy atom. The molecule has 0 radical (unpaired) electrons. The molecule has 122 valence electrons.